The molecule has 100 valence electrons. The van der Waals surface area contributed by atoms with Crippen molar-refractivity contribution in [2.75, 3.05) is 26.3 Å². The van der Waals surface area contributed by atoms with Crippen LogP contribution in [0, 0.1) is 5.92 Å². The number of hydrogen-bond donors (Lipinski definition) is 1. The van der Waals surface area contributed by atoms with E-state index in [4.69, 9.17) is 9.47 Å². The largest absolute Gasteiger partial charge is 0.378 e. The Morgan fingerprint density at radius 3 is 3.11 bits per heavy atom. The maximum absolute atomic E-state index is 5.80. The molecule has 2 aliphatic rings. The summed E-state index contributed by atoms with van der Waals surface area (Å²) in [4.78, 5) is 4.28. The van der Waals surface area contributed by atoms with Gasteiger partial charge in [-0.25, -0.2) is 4.98 Å². The number of hydrogen-bond acceptors (Lipinski definition) is 4. The third kappa shape index (κ3) is 2.43. The highest BCUT2D eigenvalue weighted by molar-refractivity contribution is 5.05. The molecule has 5 nitrogen and oxygen atoms in total. The number of nitrogens with one attached hydrogen (secondary N) is 1. The van der Waals surface area contributed by atoms with Crippen molar-refractivity contribution in [2.24, 2.45) is 5.92 Å². The van der Waals surface area contributed by atoms with Gasteiger partial charge in [0.25, 0.3) is 0 Å². The van der Waals surface area contributed by atoms with E-state index in [1.165, 1.54) is 5.69 Å². The lowest BCUT2D eigenvalue weighted by atomic mass is 10.0. The van der Waals surface area contributed by atoms with Crippen LogP contribution in [-0.4, -0.2) is 42.0 Å². The molecule has 0 saturated carbocycles. The molecule has 1 aromatic heterocycles. The van der Waals surface area contributed by atoms with Crippen LogP contribution in [0.25, 0.3) is 0 Å². The van der Waals surface area contributed by atoms with E-state index in [9.17, 15) is 0 Å². The Bertz CT molecular complexity index is 387. The van der Waals surface area contributed by atoms with Gasteiger partial charge in [-0.15, -0.1) is 0 Å². The van der Waals surface area contributed by atoms with Crippen LogP contribution < -0.4 is 5.32 Å². The number of imidazole rings is 1. The third-order valence-electron chi connectivity index (χ3n) is 3.97. The van der Waals surface area contributed by atoms with Crippen molar-refractivity contribution in [3.05, 3.63) is 18.2 Å². The zero-order chi connectivity index (χ0) is 12.4. The summed E-state index contributed by atoms with van der Waals surface area (Å²) in [6.45, 7) is 6.62. The Morgan fingerprint density at radius 2 is 2.39 bits per heavy atom. The molecule has 0 spiro atoms. The molecule has 0 amide bonds. The van der Waals surface area contributed by atoms with E-state index in [0.29, 0.717) is 12.0 Å². The third-order valence-corrected chi connectivity index (χ3v) is 3.97. The topological polar surface area (TPSA) is 48.3 Å². The average molecular weight is 251 g/mol. The molecule has 2 aliphatic heterocycles. The molecular weight excluding hydrogens is 230 g/mol. The van der Waals surface area contributed by atoms with Crippen LogP contribution in [0.3, 0.4) is 0 Å². The van der Waals surface area contributed by atoms with E-state index in [2.05, 4.69) is 21.8 Å². The van der Waals surface area contributed by atoms with E-state index in [0.717, 1.165) is 39.3 Å². The minimum absolute atomic E-state index is 0.138. The van der Waals surface area contributed by atoms with Crippen LogP contribution >= 0.6 is 0 Å². The number of rotatable bonds is 3. The Balaban J connectivity index is 1.70. The molecule has 3 rings (SSSR count). The first kappa shape index (κ1) is 12.1. The Labute approximate surface area is 107 Å². The molecule has 0 aliphatic carbocycles. The second kappa shape index (κ2) is 5.38. The van der Waals surface area contributed by atoms with Crippen molar-refractivity contribution >= 4 is 0 Å². The maximum Gasteiger partial charge on any atom is 0.111 e. The highest BCUT2D eigenvalue weighted by Crippen LogP contribution is 2.25. The van der Waals surface area contributed by atoms with Crippen molar-refractivity contribution in [1.82, 2.24) is 14.9 Å². The molecule has 3 unspecified atom stereocenters. The molecule has 2 saturated heterocycles. The van der Waals surface area contributed by atoms with Gasteiger partial charge in [-0.05, 0) is 13.3 Å². The summed E-state index contributed by atoms with van der Waals surface area (Å²) in [7, 11) is 0. The standard InChI is InChI=1S/C13H21N3O2/c1-10-11(2-4-17-10)8-16-9-15-6-12(16)13-7-14-3-5-18-13/h6,9-11,13-14H,2-5,7-8H2,1H3. The van der Waals surface area contributed by atoms with Crippen LogP contribution in [0.2, 0.25) is 0 Å². The quantitative estimate of drug-likeness (QED) is 0.869. The summed E-state index contributed by atoms with van der Waals surface area (Å²) in [5.41, 5.74) is 1.18. The van der Waals surface area contributed by atoms with Crippen molar-refractivity contribution in [1.29, 1.82) is 0 Å². The van der Waals surface area contributed by atoms with Crippen molar-refractivity contribution in [3.63, 3.8) is 0 Å². The number of ether oxygens (including phenoxy) is 2. The van der Waals surface area contributed by atoms with E-state index in [1.807, 2.05) is 12.5 Å². The van der Waals surface area contributed by atoms with E-state index in [-0.39, 0.29) is 6.10 Å². The first-order valence-electron chi connectivity index (χ1n) is 6.78. The molecule has 1 aromatic rings. The predicted molar refractivity (Wildman–Crippen MR) is 67.3 cm³/mol. The average Bonchev–Trinajstić information content (AvgIpc) is 3.01. The fourth-order valence-electron chi connectivity index (χ4n) is 2.78. The molecule has 3 heterocycles. The molecule has 18 heavy (non-hydrogen) atoms. The lowest BCUT2D eigenvalue weighted by molar-refractivity contribution is 0.0218. The van der Waals surface area contributed by atoms with Gasteiger partial charge in [0.15, 0.2) is 0 Å². The molecule has 0 radical (unpaired) electrons. The minimum atomic E-state index is 0.138. The van der Waals surface area contributed by atoms with E-state index in [1.54, 1.807) is 0 Å². The van der Waals surface area contributed by atoms with Crippen LogP contribution in [0.15, 0.2) is 12.5 Å². The lowest BCUT2D eigenvalue weighted by Crippen LogP contribution is -2.34. The van der Waals surface area contributed by atoms with Crippen LogP contribution in [0.1, 0.15) is 25.1 Å². The summed E-state index contributed by atoms with van der Waals surface area (Å²) in [5.74, 6) is 0.592. The van der Waals surface area contributed by atoms with Crippen LogP contribution in [0.5, 0.6) is 0 Å². The number of morpholine rings is 1. The Hall–Kier alpha value is -0.910. The molecule has 3 atom stereocenters. The summed E-state index contributed by atoms with van der Waals surface area (Å²) in [5, 5.41) is 3.36. The van der Waals surface area contributed by atoms with Gasteiger partial charge in [-0.1, -0.05) is 0 Å². The lowest BCUT2D eigenvalue weighted by Gasteiger charge is -2.25. The van der Waals surface area contributed by atoms with Gasteiger partial charge >= 0.3 is 0 Å². The number of aromatic nitrogens is 2. The van der Waals surface area contributed by atoms with Crippen LogP contribution in [-0.2, 0) is 16.0 Å². The fraction of sp³-hybridized carbons (Fsp3) is 0.769. The molecule has 1 N–H and O–H groups in total. The minimum Gasteiger partial charge on any atom is -0.378 e. The van der Waals surface area contributed by atoms with Gasteiger partial charge in [0.2, 0.25) is 0 Å². The Morgan fingerprint density at radius 1 is 1.44 bits per heavy atom. The predicted octanol–water partition coefficient (Wildman–Crippen LogP) is 0.969. The second-order valence-corrected chi connectivity index (χ2v) is 5.16. The summed E-state index contributed by atoms with van der Waals surface area (Å²) in [6, 6.07) is 0. The molecule has 0 aromatic carbocycles. The Kier molecular flexibility index (Phi) is 3.63. The molecular formula is C13H21N3O2. The highest BCUT2D eigenvalue weighted by Gasteiger charge is 2.26. The van der Waals surface area contributed by atoms with Gasteiger partial charge in [-0.3, -0.25) is 0 Å². The number of nitrogens with zero attached hydrogens (tertiary/aromatic N) is 2. The molecule has 5 heteroatoms. The van der Waals surface area contributed by atoms with Gasteiger partial charge in [0.05, 0.1) is 30.9 Å². The monoisotopic (exact) mass is 251 g/mol. The van der Waals surface area contributed by atoms with Gasteiger partial charge in [-0.2, -0.15) is 0 Å². The van der Waals surface area contributed by atoms with Crippen molar-refractivity contribution < 1.29 is 9.47 Å². The van der Waals surface area contributed by atoms with E-state index >= 15 is 0 Å². The fourth-order valence-corrected chi connectivity index (χ4v) is 2.78. The van der Waals surface area contributed by atoms with Gasteiger partial charge in [0, 0.05) is 32.2 Å². The normalized spacial score (nSPS) is 32.8. The highest BCUT2D eigenvalue weighted by atomic mass is 16.5. The van der Waals surface area contributed by atoms with E-state index < -0.39 is 0 Å². The zero-order valence-electron chi connectivity index (χ0n) is 10.8. The first-order valence-corrected chi connectivity index (χ1v) is 6.78. The second-order valence-electron chi connectivity index (χ2n) is 5.16. The first-order chi connectivity index (χ1) is 8.84. The maximum atomic E-state index is 5.80. The summed E-state index contributed by atoms with van der Waals surface area (Å²) < 4.78 is 13.7. The summed E-state index contributed by atoms with van der Waals surface area (Å²) in [6.07, 6.45) is 5.48. The summed E-state index contributed by atoms with van der Waals surface area (Å²) >= 11 is 0. The van der Waals surface area contributed by atoms with Gasteiger partial charge < -0.3 is 19.4 Å². The zero-order valence-corrected chi connectivity index (χ0v) is 10.8. The van der Waals surface area contributed by atoms with Crippen LogP contribution in [0.4, 0.5) is 0 Å². The smallest absolute Gasteiger partial charge is 0.111 e. The van der Waals surface area contributed by atoms with Crippen molar-refractivity contribution in [3.8, 4) is 0 Å². The van der Waals surface area contributed by atoms with Gasteiger partial charge in [0.1, 0.15) is 6.10 Å². The SMILES string of the molecule is CC1OCCC1Cn1cncc1C1CNCCO1. The molecule has 2 fully saturated rings. The molecule has 0 bridgehead atoms. The van der Waals surface area contributed by atoms with Crippen molar-refractivity contribution in [2.45, 2.75) is 32.1 Å².